The number of carbonyl (C=O) groups is 17. The van der Waals surface area contributed by atoms with Crippen LogP contribution in [0.3, 0.4) is 0 Å². The Morgan fingerprint density at radius 3 is 1.13 bits per heavy atom. The van der Waals surface area contributed by atoms with E-state index in [4.69, 9.17) is 28.3 Å². The third-order valence-electron chi connectivity index (χ3n) is 20.2. The van der Waals surface area contributed by atoms with Crippen LogP contribution in [-0.2, 0) is 107 Å². The molecule has 0 radical (unpaired) electrons. The molecular weight excluding hydrogens is 1640 g/mol. The van der Waals surface area contributed by atoms with Crippen molar-refractivity contribution >= 4 is 107 Å². The van der Waals surface area contributed by atoms with Gasteiger partial charge >= 0.3 is 11.9 Å². The number of hydrogen-bond donors (Lipinski definition) is 23. The molecule has 15 unspecified atom stereocenters. The number of phenols is 1. The molecule has 0 spiro atoms. The molecule has 0 aliphatic heterocycles. The quantitative estimate of drug-likeness (QED) is 0.0127. The molecule has 4 aromatic rings. The molecule has 0 bridgehead atoms. The molecule has 0 saturated heterocycles. The van der Waals surface area contributed by atoms with Crippen LogP contribution in [0.2, 0.25) is 0 Å². The average molecular weight is 1760 g/mol. The number of hydrogen-bond acceptors (Lipinski definition) is 21. The number of phenolic OH excluding ortho intramolecular Hbond substituents is 1. The van der Waals surface area contributed by atoms with Gasteiger partial charge in [0.25, 0.3) is 0 Å². The highest BCUT2D eigenvalue weighted by atomic mass is 16.4. The van der Waals surface area contributed by atoms with Gasteiger partial charge in [0, 0.05) is 45.1 Å². The zero-order valence-corrected chi connectivity index (χ0v) is 72.4. The van der Waals surface area contributed by atoms with Gasteiger partial charge < -0.3 is 118 Å². The number of aliphatic hydroxyl groups excluding tert-OH is 1. The Kier molecular flexibility index (Phi) is 44.9. The monoisotopic (exact) mass is 1760 g/mol. The summed E-state index contributed by atoms with van der Waals surface area (Å²) in [7, 11) is 0. The van der Waals surface area contributed by atoms with E-state index in [-0.39, 0.29) is 69.6 Å². The number of aliphatic carboxylic acids is 2. The zero-order valence-electron chi connectivity index (χ0n) is 72.4. The molecule has 40 heteroatoms. The molecule has 15 atom stereocenters. The van der Waals surface area contributed by atoms with Crippen molar-refractivity contribution in [2.45, 2.75) is 243 Å². The average Bonchev–Trinajstić information content (AvgIpc) is 0.841. The van der Waals surface area contributed by atoms with Crippen LogP contribution in [0.1, 0.15) is 155 Å². The Morgan fingerprint density at radius 2 is 0.722 bits per heavy atom. The van der Waals surface area contributed by atoms with Crippen molar-refractivity contribution in [1.29, 1.82) is 5.41 Å². The van der Waals surface area contributed by atoms with Gasteiger partial charge in [0.15, 0.2) is 5.96 Å². The summed E-state index contributed by atoms with van der Waals surface area (Å²) < 4.78 is 0. The highest BCUT2D eigenvalue weighted by Crippen LogP contribution is 2.18. The summed E-state index contributed by atoms with van der Waals surface area (Å²) in [6, 6.07) is 11.5. The van der Waals surface area contributed by atoms with E-state index in [0.717, 1.165) is 12.5 Å². The Morgan fingerprint density at radius 1 is 0.373 bits per heavy atom. The third kappa shape index (κ3) is 38.7. The Labute approximate surface area is 731 Å². The van der Waals surface area contributed by atoms with E-state index < -0.39 is 260 Å². The van der Waals surface area contributed by atoms with Crippen LogP contribution in [0.15, 0.2) is 115 Å². The molecule has 0 saturated carbocycles. The first kappa shape index (κ1) is 105. The van der Waals surface area contributed by atoms with Gasteiger partial charge in [0.05, 0.1) is 18.7 Å². The topological polar surface area (TPSA) is 667 Å². The van der Waals surface area contributed by atoms with Gasteiger partial charge in [-0.05, 0) is 116 Å². The minimum absolute atomic E-state index is 0.0192. The van der Waals surface area contributed by atoms with Gasteiger partial charge in [-0.2, -0.15) is 0 Å². The minimum atomic E-state index is -1.92. The first-order valence-corrected chi connectivity index (χ1v) is 41.8. The standard InChI is InChI=1S/C86H125N19O21/c1-10-49(8)71(104-80(120)64(42-52-23-16-12-17-24-52)101-82(122)70(48(6)7)103-73(113)56(87)41-51-21-14-11-15-22-51)83(123)102-65(43-53-25-18-13-19-26-53)81(121)105-72(50(9)106)84(124)100-63(44-54-28-30-55(107)31-29-54)74(114)93-45-68(110)94-58(34-37-69(111)112)76(116)99-61(39-46(2)3)78(118)96-59(32-35-66(88)108)77(117)95-57(27-20-38-92-86(90)91)75(115)98-62(40-47(4)5)79(119)97-60(85(125)126)33-36-67(89)109/h11-19,21-26,28-31,46-50,56-65,70-72,106-107H,10,20,27,32-45,87H2,1-9H3,(H2,88,108)(H2,89,109)(H,93,114)(H,94,110)(H,95,117)(H,96,118)(H,97,119)(H,98,115)(H,99,116)(H,100,124)(H,101,122)(H,102,123)(H,103,113)(H,104,120)(H,105,121)(H,111,112)(H,125,126)(H4,90,91,92). The summed E-state index contributed by atoms with van der Waals surface area (Å²) >= 11 is 0. The van der Waals surface area contributed by atoms with Crippen LogP contribution in [0.25, 0.3) is 0 Å². The molecule has 690 valence electrons. The predicted octanol–water partition coefficient (Wildman–Crippen LogP) is -2.16. The number of nitrogens with one attached hydrogen (secondary N) is 15. The van der Waals surface area contributed by atoms with Crippen molar-refractivity contribution in [2.75, 3.05) is 13.1 Å². The fourth-order valence-corrected chi connectivity index (χ4v) is 13.1. The number of nitrogens with two attached hydrogens (primary N) is 4. The molecule has 0 fully saturated rings. The van der Waals surface area contributed by atoms with E-state index in [1.54, 1.807) is 128 Å². The van der Waals surface area contributed by atoms with Crippen LogP contribution in [0, 0.1) is 29.1 Å². The van der Waals surface area contributed by atoms with Gasteiger partial charge in [-0.25, -0.2) is 4.79 Å². The number of carboxylic acid groups (broad SMARTS) is 2. The van der Waals surface area contributed by atoms with Crippen LogP contribution in [0.4, 0.5) is 0 Å². The van der Waals surface area contributed by atoms with Crippen LogP contribution in [0.5, 0.6) is 5.75 Å². The zero-order chi connectivity index (χ0) is 94.0. The maximum atomic E-state index is 14.9. The molecule has 4 aromatic carbocycles. The van der Waals surface area contributed by atoms with Crippen molar-refractivity contribution in [1.82, 2.24) is 74.4 Å². The van der Waals surface area contributed by atoms with Gasteiger partial charge in [-0.15, -0.1) is 0 Å². The molecule has 0 aliphatic carbocycles. The number of primary amides is 2. The molecule has 0 heterocycles. The summed E-state index contributed by atoms with van der Waals surface area (Å²) in [5.74, 6) is -20.1. The molecule has 27 N–H and O–H groups in total. The second-order valence-electron chi connectivity index (χ2n) is 32.2. The summed E-state index contributed by atoms with van der Waals surface area (Å²) in [6.07, 6.45) is -5.77. The number of aliphatic hydroxyl groups is 1. The van der Waals surface area contributed by atoms with E-state index >= 15 is 0 Å². The van der Waals surface area contributed by atoms with E-state index in [1.165, 1.54) is 24.3 Å². The van der Waals surface area contributed by atoms with E-state index in [1.807, 2.05) is 18.2 Å². The number of amides is 15. The highest BCUT2D eigenvalue weighted by molar-refractivity contribution is 6.00. The normalized spacial score (nSPS) is 14.7. The summed E-state index contributed by atoms with van der Waals surface area (Å²) in [4.78, 5) is 235. The van der Waals surface area contributed by atoms with E-state index in [2.05, 4.69) is 74.4 Å². The van der Waals surface area contributed by atoms with E-state index in [9.17, 15) is 102 Å². The Balaban J connectivity index is 1.61. The van der Waals surface area contributed by atoms with Gasteiger partial charge in [-0.3, -0.25) is 82.1 Å². The van der Waals surface area contributed by atoms with Crippen molar-refractivity contribution in [2.24, 2.45) is 46.6 Å². The largest absolute Gasteiger partial charge is 0.508 e. The van der Waals surface area contributed by atoms with Crippen LogP contribution < -0.4 is 97.4 Å². The number of guanidine groups is 1. The van der Waals surface area contributed by atoms with Crippen molar-refractivity contribution in [3.05, 3.63) is 138 Å². The van der Waals surface area contributed by atoms with Gasteiger partial charge in [0.2, 0.25) is 88.6 Å². The van der Waals surface area contributed by atoms with Crippen molar-refractivity contribution in [3.63, 3.8) is 0 Å². The maximum Gasteiger partial charge on any atom is 0.326 e. The molecule has 0 aliphatic rings. The fourth-order valence-electron chi connectivity index (χ4n) is 13.1. The summed E-state index contributed by atoms with van der Waals surface area (Å²) in [6.45, 7) is 13.6. The number of carboxylic acids is 2. The smallest absolute Gasteiger partial charge is 0.326 e. The fraction of sp³-hybridized carbons (Fsp3) is 0.512. The first-order valence-electron chi connectivity index (χ1n) is 41.8. The lowest BCUT2D eigenvalue weighted by Gasteiger charge is -2.30. The maximum absolute atomic E-state index is 14.9. The summed E-state index contributed by atoms with van der Waals surface area (Å²) in [5.41, 5.74) is 24.7. The predicted molar refractivity (Wildman–Crippen MR) is 462 cm³/mol. The highest BCUT2D eigenvalue weighted by Gasteiger charge is 2.40. The van der Waals surface area contributed by atoms with Gasteiger partial charge in [-0.1, -0.05) is 165 Å². The number of rotatable bonds is 56. The van der Waals surface area contributed by atoms with Crippen molar-refractivity contribution < 1.29 is 102 Å². The number of benzene rings is 4. The van der Waals surface area contributed by atoms with E-state index in [0.29, 0.717) is 16.7 Å². The molecule has 40 nitrogen and oxygen atoms in total. The van der Waals surface area contributed by atoms with Crippen LogP contribution >= 0.6 is 0 Å². The minimum Gasteiger partial charge on any atom is -0.508 e. The number of carbonyl (C=O) groups excluding carboxylic acids is 15. The Hall–Kier alpha value is -13.1. The van der Waals surface area contributed by atoms with Crippen molar-refractivity contribution in [3.8, 4) is 5.75 Å². The van der Waals surface area contributed by atoms with Gasteiger partial charge in [0.1, 0.15) is 78.3 Å². The second kappa shape index (κ2) is 53.8. The number of aromatic hydroxyl groups is 1. The molecule has 4 rings (SSSR count). The second-order valence-corrected chi connectivity index (χ2v) is 32.2. The third-order valence-corrected chi connectivity index (χ3v) is 20.2. The lowest BCUT2D eigenvalue weighted by Crippen LogP contribution is -2.63. The first-order chi connectivity index (χ1) is 59.4. The molecule has 0 aromatic heterocycles. The lowest BCUT2D eigenvalue weighted by atomic mass is 9.95. The molecular formula is C86H125N19O21. The SMILES string of the molecule is CCC(C)C(NC(=O)C(Cc1ccccc1)NC(=O)C(NC(=O)C(N)Cc1ccccc1)C(C)C)C(=O)NC(Cc1ccccc1)C(=O)NC(C(=O)NC(Cc1ccc(O)cc1)C(=O)NCC(=O)NC(CCC(=O)O)C(=O)NC(CC(C)C)C(=O)NC(CCC(N)=O)C(=O)NC(CCCNC(=N)N)C(=O)NC(CC(C)C)C(=O)NC(CCC(N)=O)C(=O)O)C(C)O. The lowest BCUT2D eigenvalue weighted by molar-refractivity contribution is -0.143. The Bertz CT molecular complexity index is 4330. The summed E-state index contributed by atoms with van der Waals surface area (Å²) in [5, 5.41) is 84.2. The molecule has 126 heavy (non-hydrogen) atoms. The van der Waals surface area contributed by atoms with Crippen LogP contribution in [-0.4, -0.2) is 225 Å². The molecule has 15 amide bonds.